The Morgan fingerprint density at radius 3 is 2.44 bits per heavy atom. The third-order valence-corrected chi connectivity index (χ3v) is 4.56. The van der Waals surface area contributed by atoms with E-state index >= 15 is 0 Å². The first kappa shape index (κ1) is 19.4. The fourth-order valence-corrected chi connectivity index (χ4v) is 3.02. The highest BCUT2D eigenvalue weighted by Gasteiger charge is 2.10. The molecule has 0 radical (unpaired) electrons. The fraction of sp³-hybridized carbons (Fsp3) is 0.333. The van der Waals surface area contributed by atoms with Crippen LogP contribution in [0.3, 0.4) is 0 Å². The van der Waals surface area contributed by atoms with Gasteiger partial charge in [-0.25, -0.2) is 9.67 Å². The van der Waals surface area contributed by atoms with Gasteiger partial charge in [-0.3, -0.25) is 0 Å². The molecule has 142 valence electrons. The maximum absolute atomic E-state index is 6.35. The fourth-order valence-electron chi connectivity index (χ4n) is 2.79. The first-order chi connectivity index (χ1) is 13.0. The number of nitrogens with zero attached hydrogens (tertiary/aromatic N) is 3. The van der Waals surface area contributed by atoms with E-state index in [4.69, 9.17) is 16.3 Å². The number of benzene rings is 2. The van der Waals surface area contributed by atoms with E-state index in [1.807, 2.05) is 30.7 Å². The van der Waals surface area contributed by atoms with E-state index in [9.17, 15) is 0 Å². The molecule has 27 heavy (non-hydrogen) atoms. The van der Waals surface area contributed by atoms with Crippen LogP contribution in [-0.2, 0) is 13.1 Å². The van der Waals surface area contributed by atoms with Crippen LogP contribution in [0.25, 0.3) is 0 Å². The lowest BCUT2D eigenvalue weighted by molar-refractivity contribution is 0.242. The summed E-state index contributed by atoms with van der Waals surface area (Å²) in [5, 5.41) is 8.32. The molecule has 0 fully saturated rings. The van der Waals surface area contributed by atoms with Crippen molar-refractivity contribution in [1.82, 2.24) is 20.1 Å². The largest absolute Gasteiger partial charge is 0.489 e. The number of nitrogens with one attached hydrogen (secondary N) is 1. The molecule has 1 heterocycles. The van der Waals surface area contributed by atoms with Crippen LogP contribution in [0.1, 0.15) is 43.5 Å². The molecule has 5 nitrogen and oxygen atoms in total. The van der Waals surface area contributed by atoms with E-state index < -0.39 is 0 Å². The normalized spacial score (nSPS) is 12.3. The van der Waals surface area contributed by atoms with Gasteiger partial charge in [0.15, 0.2) is 0 Å². The summed E-state index contributed by atoms with van der Waals surface area (Å²) >= 11 is 6.35. The molecule has 0 amide bonds. The lowest BCUT2D eigenvalue weighted by atomic mass is 10.1. The van der Waals surface area contributed by atoms with Gasteiger partial charge in [-0.15, -0.1) is 0 Å². The Hall–Kier alpha value is -2.37. The molecule has 1 N–H and O–H groups in total. The van der Waals surface area contributed by atoms with Gasteiger partial charge < -0.3 is 10.1 Å². The quantitative estimate of drug-likeness (QED) is 0.615. The molecule has 3 aromatic rings. The molecule has 0 aliphatic carbocycles. The minimum Gasteiger partial charge on any atom is -0.489 e. The van der Waals surface area contributed by atoms with E-state index in [0.29, 0.717) is 5.02 Å². The molecule has 6 heteroatoms. The summed E-state index contributed by atoms with van der Waals surface area (Å²) in [6.45, 7) is 7.63. The van der Waals surface area contributed by atoms with Gasteiger partial charge in [0.25, 0.3) is 0 Å². The minimum atomic E-state index is 0.108. The van der Waals surface area contributed by atoms with Crippen LogP contribution in [0.2, 0.25) is 5.02 Å². The van der Waals surface area contributed by atoms with Gasteiger partial charge in [0, 0.05) is 12.6 Å². The Morgan fingerprint density at radius 1 is 1.07 bits per heavy atom. The predicted molar refractivity (Wildman–Crippen MR) is 108 cm³/mol. The molecule has 2 aromatic carbocycles. The van der Waals surface area contributed by atoms with Crippen LogP contribution in [0, 0.1) is 0 Å². The van der Waals surface area contributed by atoms with Gasteiger partial charge >= 0.3 is 0 Å². The third kappa shape index (κ3) is 5.55. The second-order valence-corrected chi connectivity index (χ2v) is 7.28. The van der Waals surface area contributed by atoms with Crippen molar-refractivity contribution in [2.75, 3.05) is 0 Å². The number of rotatable bonds is 8. The molecule has 1 unspecified atom stereocenters. The highest BCUT2D eigenvalue weighted by Crippen LogP contribution is 2.28. The molecule has 1 aromatic heterocycles. The zero-order valence-electron chi connectivity index (χ0n) is 15.9. The van der Waals surface area contributed by atoms with Gasteiger partial charge in [0.2, 0.25) is 0 Å². The lowest BCUT2D eigenvalue weighted by Crippen LogP contribution is -2.18. The second-order valence-electron chi connectivity index (χ2n) is 6.87. The summed E-state index contributed by atoms with van der Waals surface area (Å²) < 4.78 is 7.51. The third-order valence-electron chi connectivity index (χ3n) is 4.27. The van der Waals surface area contributed by atoms with Crippen LogP contribution >= 0.6 is 11.6 Å². The van der Waals surface area contributed by atoms with Gasteiger partial charge in [0.1, 0.15) is 18.4 Å². The van der Waals surface area contributed by atoms with E-state index in [1.165, 1.54) is 11.1 Å². The summed E-state index contributed by atoms with van der Waals surface area (Å²) in [6.07, 6.45) is 3.38. The smallest absolute Gasteiger partial charge is 0.138 e. The number of halogens is 1. The van der Waals surface area contributed by atoms with E-state index in [0.717, 1.165) is 24.4 Å². The standard InChI is InChI=1S/C21H25ClN4O/c1-15(2)27-21-9-8-19(10-20(21)22)16(3)24-11-17-4-6-18(7-5-17)12-26-14-23-13-25-26/h4-10,13-16,24H,11-12H2,1-3H3. The predicted octanol–water partition coefficient (Wildman–Crippen LogP) is 4.62. The first-order valence-electron chi connectivity index (χ1n) is 9.11. The molecule has 0 aliphatic heterocycles. The number of hydrogen-bond donors (Lipinski definition) is 1. The average Bonchev–Trinajstić information content (AvgIpc) is 3.15. The van der Waals surface area contributed by atoms with Crippen molar-refractivity contribution in [1.29, 1.82) is 0 Å². The molecule has 0 aliphatic rings. The van der Waals surface area contributed by atoms with Crippen LogP contribution < -0.4 is 10.1 Å². The number of aromatic nitrogens is 3. The average molecular weight is 385 g/mol. The van der Waals surface area contributed by atoms with Gasteiger partial charge in [-0.05, 0) is 49.6 Å². The van der Waals surface area contributed by atoms with Crippen molar-refractivity contribution < 1.29 is 4.74 Å². The van der Waals surface area contributed by atoms with Crippen LogP contribution in [-0.4, -0.2) is 20.9 Å². The topological polar surface area (TPSA) is 52.0 Å². The highest BCUT2D eigenvalue weighted by atomic mass is 35.5. The zero-order chi connectivity index (χ0) is 19.2. The Balaban J connectivity index is 1.55. The molecule has 0 saturated heterocycles. The molecule has 3 rings (SSSR count). The molecule has 0 saturated carbocycles. The minimum absolute atomic E-state index is 0.108. The maximum atomic E-state index is 6.35. The van der Waals surface area contributed by atoms with Crippen molar-refractivity contribution in [3.63, 3.8) is 0 Å². The molecule has 0 spiro atoms. The van der Waals surface area contributed by atoms with Crippen molar-refractivity contribution in [3.8, 4) is 5.75 Å². The van der Waals surface area contributed by atoms with E-state index in [1.54, 1.807) is 12.7 Å². The Morgan fingerprint density at radius 2 is 1.81 bits per heavy atom. The van der Waals surface area contributed by atoms with Gasteiger partial charge in [-0.2, -0.15) is 5.10 Å². The van der Waals surface area contributed by atoms with Crippen LogP contribution in [0.5, 0.6) is 5.75 Å². The molecule has 1 atom stereocenters. The summed E-state index contributed by atoms with van der Waals surface area (Å²) in [5.41, 5.74) is 3.57. The summed E-state index contributed by atoms with van der Waals surface area (Å²) in [6, 6.07) is 14.7. The van der Waals surface area contributed by atoms with Crippen LogP contribution in [0.4, 0.5) is 0 Å². The van der Waals surface area contributed by atoms with Crippen molar-refractivity contribution in [2.24, 2.45) is 0 Å². The molecule has 0 bridgehead atoms. The Bertz CT molecular complexity index is 847. The lowest BCUT2D eigenvalue weighted by Gasteiger charge is -2.17. The molecular weight excluding hydrogens is 360 g/mol. The van der Waals surface area contributed by atoms with E-state index in [-0.39, 0.29) is 12.1 Å². The van der Waals surface area contributed by atoms with Crippen LogP contribution in [0.15, 0.2) is 55.1 Å². The Labute approximate surface area is 165 Å². The van der Waals surface area contributed by atoms with E-state index in [2.05, 4.69) is 52.7 Å². The second kappa shape index (κ2) is 9.02. The SMILES string of the molecule is CC(C)Oc1ccc(C(C)NCc2ccc(Cn3cncn3)cc2)cc1Cl. The summed E-state index contributed by atoms with van der Waals surface area (Å²) in [7, 11) is 0. The highest BCUT2D eigenvalue weighted by molar-refractivity contribution is 6.32. The zero-order valence-corrected chi connectivity index (χ0v) is 16.6. The monoisotopic (exact) mass is 384 g/mol. The number of ether oxygens (including phenoxy) is 1. The summed E-state index contributed by atoms with van der Waals surface area (Å²) in [4.78, 5) is 3.96. The summed E-state index contributed by atoms with van der Waals surface area (Å²) in [5.74, 6) is 0.727. The first-order valence-corrected chi connectivity index (χ1v) is 9.49. The Kier molecular flexibility index (Phi) is 6.48. The van der Waals surface area contributed by atoms with Gasteiger partial charge in [0.05, 0.1) is 17.7 Å². The van der Waals surface area contributed by atoms with Crippen molar-refractivity contribution in [3.05, 3.63) is 76.8 Å². The van der Waals surface area contributed by atoms with Crippen molar-refractivity contribution in [2.45, 2.75) is 46.0 Å². The number of hydrogen-bond acceptors (Lipinski definition) is 4. The van der Waals surface area contributed by atoms with Crippen molar-refractivity contribution >= 4 is 11.6 Å². The molecular formula is C21H25ClN4O. The van der Waals surface area contributed by atoms with Gasteiger partial charge in [-0.1, -0.05) is 41.9 Å². The maximum Gasteiger partial charge on any atom is 0.138 e.